The first-order chi connectivity index (χ1) is 11.0. The lowest BCUT2D eigenvalue weighted by atomic mass is 9.93. The molecule has 128 valence electrons. The van der Waals surface area contributed by atoms with E-state index in [9.17, 15) is 4.79 Å². The SMILES string of the molecule is CCC1(NCc2cc(C(=O)OCCCl)cc(Br)c2N)CCCC1. The van der Waals surface area contributed by atoms with Crippen LogP contribution in [0.3, 0.4) is 0 Å². The molecule has 4 nitrogen and oxygen atoms in total. The van der Waals surface area contributed by atoms with Gasteiger partial charge < -0.3 is 15.8 Å². The average molecular weight is 404 g/mol. The Bertz CT molecular complexity index is 560. The van der Waals surface area contributed by atoms with Gasteiger partial charge in [-0.3, -0.25) is 0 Å². The van der Waals surface area contributed by atoms with E-state index < -0.39 is 0 Å². The van der Waals surface area contributed by atoms with Gasteiger partial charge in [-0.1, -0.05) is 19.8 Å². The van der Waals surface area contributed by atoms with Crippen LogP contribution in [0.15, 0.2) is 16.6 Å². The average Bonchev–Trinajstić information content (AvgIpc) is 3.03. The van der Waals surface area contributed by atoms with Crippen molar-refractivity contribution in [3.63, 3.8) is 0 Å². The fourth-order valence-electron chi connectivity index (χ4n) is 3.14. The number of nitrogen functional groups attached to an aromatic ring is 1. The van der Waals surface area contributed by atoms with Gasteiger partial charge in [0.15, 0.2) is 0 Å². The van der Waals surface area contributed by atoms with E-state index in [0.29, 0.717) is 22.3 Å². The zero-order valence-corrected chi connectivity index (χ0v) is 15.8. The predicted octanol–water partition coefficient (Wildman–Crippen LogP) is 4.24. The standard InChI is InChI=1S/C17H24BrClN2O2/c1-2-17(5-3-4-6-17)21-11-13-9-12(10-14(18)15(13)20)16(22)23-8-7-19/h9-10,21H,2-8,11,20H2,1H3. The van der Waals surface area contributed by atoms with Gasteiger partial charge in [-0.05, 0) is 52.9 Å². The number of rotatable bonds is 7. The van der Waals surface area contributed by atoms with Gasteiger partial charge in [-0.2, -0.15) is 0 Å². The summed E-state index contributed by atoms with van der Waals surface area (Å²) in [6.07, 6.45) is 6.03. The highest BCUT2D eigenvalue weighted by Gasteiger charge is 2.31. The molecule has 0 amide bonds. The predicted molar refractivity (Wildman–Crippen MR) is 97.9 cm³/mol. The van der Waals surface area contributed by atoms with E-state index in [4.69, 9.17) is 22.1 Å². The number of nitrogens with two attached hydrogens (primary N) is 1. The van der Waals surface area contributed by atoms with Crippen LogP contribution in [0.4, 0.5) is 5.69 Å². The molecule has 0 bridgehead atoms. The summed E-state index contributed by atoms with van der Waals surface area (Å²) < 4.78 is 5.81. The van der Waals surface area contributed by atoms with Crippen LogP contribution in [-0.2, 0) is 11.3 Å². The lowest BCUT2D eigenvalue weighted by Gasteiger charge is -2.29. The number of anilines is 1. The Kier molecular flexibility index (Phi) is 6.74. The topological polar surface area (TPSA) is 64.3 Å². The third-order valence-electron chi connectivity index (χ3n) is 4.65. The summed E-state index contributed by atoms with van der Waals surface area (Å²) in [5, 5.41) is 3.66. The molecule has 1 saturated carbocycles. The number of halogens is 2. The van der Waals surface area contributed by atoms with Crippen molar-refractivity contribution in [2.45, 2.75) is 51.1 Å². The van der Waals surface area contributed by atoms with Crippen LogP contribution in [0.5, 0.6) is 0 Å². The minimum absolute atomic E-state index is 0.202. The second-order valence-electron chi connectivity index (χ2n) is 6.05. The van der Waals surface area contributed by atoms with Gasteiger partial charge in [0.2, 0.25) is 0 Å². The number of esters is 1. The Labute approximate surface area is 151 Å². The van der Waals surface area contributed by atoms with E-state index in [2.05, 4.69) is 28.2 Å². The second kappa shape index (κ2) is 8.36. The monoisotopic (exact) mass is 402 g/mol. The Morgan fingerprint density at radius 3 is 2.74 bits per heavy atom. The summed E-state index contributed by atoms with van der Waals surface area (Å²) in [5.41, 5.74) is 8.43. The molecule has 6 heteroatoms. The Morgan fingerprint density at radius 1 is 1.43 bits per heavy atom. The molecule has 2 rings (SSSR count). The second-order valence-corrected chi connectivity index (χ2v) is 7.28. The number of benzene rings is 1. The minimum Gasteiger partial charge on any atom is -0.461 e. The molecule has 0 atom stereocenters. The van der Waals surface area contributed by atoms with E-state index >= 15 is 0 Å². The van der Waals surface area contributed by atoms with Crippen LogP contribution >= 0.6 is 27.5 Å². The van der Waals surface area contributed by atoms with Gasteiger partial charge in [0.1, 0.15) is 6.61 Å². The Morgan fingerprint density at radius 2 is 2.13 bits per heavy atom. The smallest absolute Gasteiger partial charge is 0.338 e. The number of hydrogen-bond donors (Lipinski definition) is 2. The maximum absolute atomic E-state index is 12.0. The van der Waals surface area contributed by atoms with Crippen molar-refractivity contribution in [2.75, 3.05) is 18.2 Å². The molecule has 1 aliphatic rings. The molecule has 23 heavy (non-hydrogen) atoms. The highest BCUT2D eigenvalue weighted by Crippen LogP contribution is 2.33. The summed E-state index contributed by atoms with van der Waals surface area (Å²) in [7, 11) is 0. The van der Waals surface area contributed by atoms with Gasteiger partial charge in [-0.15, -0.1) is 11.6 Å². The number of carbonyl (C=O) groups is 1. The maximum atomic E-state index is 12.0. The summed E-state index contributed by atoms with van der Waals surface area (Å²) in [4.78, 5) is 12.0. The molecular weight excluding hydrogens is 380 g/mol. The molecule has 0 unspecified atom stereocenters. The Hall–Kier alpha value is -0.780. The summed E-state index contributed by atoms with van der Waals surface area (Å²) in [6, 6.07) is 3.50. The molecule has 0 aromatic heterocycles. The molecule has 0 aliphatic heterocycles. The first-order valence-corrected chi connectivity index (χ1v) is 9.40. The van der Waals surface area contributed by atoms with E-state index in [1.807, 2.05) is 6.07 Å². The zero-order valence-electron chi connectivity index (χ0n) is 13.5. The van der Waals surface area contributed by atoms with Crippen LogP contribution in [0, 0.1) is 0 Å². The molecule has 1 aliphatic carbocycles. The van der Waals surface area contributed by atoms with E-state index in [1.165, 1.54) is 25.7 Å². The fourth-order valence-corrected chi connectivity index (χ4v) is 3.72. The van der Waals surface area contributed by atoms with Crippen molar-refractivity contribution in [3.05, 3.63) is 27.7 Å². The van der Waals surface area contributed by atoms with E-state index in [-0.39, 0.29) is 24.0 Å². The van der Waals surface area contributed by atoms with E-state index in [1.54, 1.807) is 6.07 Å². The van der Waals surface area contributed by atoms with Crippen molar-refractivity contribution >= 4 is 39.2 Å². The largest absolute Gasteiger partial charge is 0.461 e. The van der Waals surface area contributed by atoms with Gasteiger partial charge in [0.05, 0.1) is 17.1 Å². The summed E-state index contributed by atoms with van der Waals surface area (Å²) >= 11 is 8.99. The van der Waals surface area contributed by atoms with Crippen molar-refractivity contribution < 1.29 is 9.53 Å². The van der Waals surface area contributed by atoms with Crippen LogP contribution in [-0.4, -0.2) is 24.0 Å². The van der Waals surface area contributed by atoms with Gasteiger partial charge in [0, 0.05) is 16.6 Å². The van der Waals surface area contributed by atoms with Crippen molar-refractivity contribution in [1.29, 1.82) is 0 Å². The normalized spacial score (nSPS) is 16.5. The molecule has 0 spiro atoms. The van der Waals surface area contributed by atoms with Crippen LogP contribution < -0.4 is 11.1 Å². The van der Waals surface area contributed by atoms with Crippen LogP contribution in [0.25, 0.3) is 0 Å². The molecule has 0 heterocycles. The lowest BCUT2D eigenvalue weighted by Crippen LogP contribution is -2.41. The molecule has 3 N–H and O–H groups in total. The fraction of sp³-hybridized carbons (Fsp3) is 0.588. The first kappa shape index (κ1) is 18.6. The summed E-state index contributed by atoms with van der Waals surface area (Å²) in [6.45, 7) is 3.07. The number of nitrogens with one attached hydrogen (secondary N) is 1. The van der Waals surface area contributed by atoms with Gasteiger partial charge >= 0.3 is 5.97 Å². The highest BCUT2D eigenvalue weighted by molar-refractivity contribution is 9.10. The Balaban J connectivity index is 2.14. The number of carbonyl (C=O) groups excluding carboxylic acids is 1. The molecule has 1 aromatic carbocycles. The molecular formula is C17H24BrClN2O2. The number of ether oxygens (including phenoxy) is 1. The van der Waals surface area contributed by atoms with Crippen molar-refractivity contribution in [3.8, 4) is 0 Å². The third kappa shape index (κ3) is 4.61. The lowest BCUT2D eigenvalue weighted by molar-refractivity contribution is 0.0529. The van der Waals surface area contributed by atoms with Gasteiger partial charge in [0.25, 0.3) is 0 Å². The van der Waals surface area contributed by atoms with Crippen molar-refractivity contribution in [2.24, 2.45) is 0 Å². The minimum atomic E-state index is -0.376. The van der Waals surface area contributed by atoms with E-state index in [0.717, 1.165) is 12.0 Å². The molecule has 0 saturated heterocycles. The van der Waals surface area contributed by atoms with Crippen LogP contribution in [0.1, 0.15) is 54.9 Å². The third-order valence-corrected chi connectivity index (χ3v) is 5.46. The molecule has 1 aromatic rings. The molecule has 0 radical (unpaired) electrons. The quantitative estimate of drug-likeness (QED) is 0.406. The number of alkyl halides is 1. The summed E-state index contributed by atoms with van der Waals surface area (Å²) in [5.74, 6) is -0.0892. The maximum Gasteiger partial charge on any atom is 0.338 e. The van der Waals surface area contributed by atoms with Gasteiger partial charge in [-0.25, -0.2) is 4.79 Å². The molecule has 1 fully saturated rings. The van der Waals surface area contributed by atoms with Crippen molar-refractivity contribution in [1.82, 2.24) is 5.32 Å². The highest BCUT2D eigenvalue weighted by atomic mass is 79.9. The zero-order chi connectivity index (χ0) is 16.9. The van der Waals surface area contributed by atoms with Crippen LogP contribution in [0.2, 0.25) is 0 Å². The first-order valence-electron chi connectivity index (χ1n) is 8.07. The number of hydrogen-bond acceptors (Lipinski definition) is 4.